The predicted octanol–water partition coefficient (Wildman–Crippen LogP) is 4.24. The third kappa shape index (κ3) is 4.55. The molecule has 6 heteroatoms. The van der Waals surface area contributed by atoms with Gasteiger partial charge in [-0.25, -0.2) is 0 Å². The number of Topliss-reactive ketones (excluding diaryl/α,β-unsaturated/α-hetero) is 1. The van der Waals surface area contributed by atoms with Crippen molar-refractivity contribution in [3.8, 4) is 0 Å². The molecule has 0 radical (unpaired) electrons. The molecule has 4 nitrogen and oxygen atoms in total. The number of rotatable bonds is 6. The van der Waals surface area contributed by atoms with Crippen molar-refractivity contribution in [1.29, 1.82) is 0 Å². The van der Waals surface area contributed by atoms with Crippen LogP contribution >= 0.6 is 7.60 Å². The molecule has 0 spiro atoms. The zero-order valence-electron chi connectivity index (χ0n) is 14.8. The van der Waals surface area contributed by atoms with E-state index in [-0.39, 0.29) is 20.7 Å². The monoisotopic (exact) mass is 436 g/mol. The Hall–Kier alpha value is -1.64. The number of allylic oxidation sites excluding steroid dienone is 1. The summed E-state index contributed by atoms with van der Waals surface area (Å²) in [5, 5.41) is 0. The molecule has 1 aliphatic rings. The molecule has 1 aliphatic heterocycles. The van der Waals surface area contributed by atoms with Gasteiger partial charge in [-0.15, -0.1) is 0 Å². The maximum absolute atomic E-state index is 12.9. The summed E-state index contributed by atoms with van der Waals surface area (Å²) in [6.07, 6.45) is 1.09. The first-order chi connectivity index (χ1) is 12.5. The second-order valence-electron chi connectivity index (χ2n) is 5.89. The molecule has 0 fully saturated rings. The van der Waals surface area contributed by atoms with Crippen LogP contribution in [0, 0.1) is 0 Å². The molecule has 136 valence electrons. The fourth-order valence-electron chi connectivity index (χ4n) is 2.67. The number of benzene rings is 2. The molecule has 0 amide bonds. The van der Waals surface area contributed by atoms with Crippen molar-refractivity contribution >= 4 is 38.6 Å². The van der Waals surface area contributed by atoms with E-state index in [0.29, 0.717) is 30.5 Å². The third-order valence-electron chi connectivity index (χ3n) is 3.96. The Kier molecular flexibility index (Phi) is 6.16. The van der Waals surface area contributed by atoms with Gasteiger partial charge < -0.3 is 0 Å². The van der Waals surface area contributed by atoms with E-state index in [2.05, 4.69) is 12.1 Å². The molecule has 0 aliphatic carbocycles. The predicted molar refractivity (Wildman–Crippen MR) is 105 cm³/mol. The van der Waals surface area contributed by atoms with Crippen LogP contribution in [0.5, 0.6) is 0 Å². The zero-order valence-corrected chi connectivity index (χ0v) is 17.4. The Labute approximate surface area is 160 Å². The molecular weight excluding hydrogens is 414 g/mol. The fourth-order valence-corrected chi connectivity index (χ4v) is 6.98. The van der Waals surface area contributed by atoms with Crippen molar-refractivity contribution in [2.45, 2.75) is 20.3 Å². The number of hydrogen-bond donors (Lipinski definition) is 0. The Morgan fingerprint density at radius 1 is 1.15 bits per heavy atom. The SMILES string of the molecule is CCOP1(=O)CCC([Se]c2ccccc2)=C(c2ccc(C(C)=O)cc2)O1. The first kappa shape index (κ1) is 19.1. The second-order valence-corrected chi connectivity index (χ2v) is 10.5. The van der Waals surface area contributed by atoms with E-state index < -0.39 is 7.60 Å². The molecule has 1 heterocycles. The molecule has 0 saturated heterocycles. The van der Waals surface area contributed by atoms with Crippen LogP contribution in [0.4, 0.5) is 0 Å². The first-order valence-electron chi connectivity index (χ1n) is 8.51. The van der Waals surface area contributed by atoms with Gasteiger partial charge in [0, 0.05) is 0 Å². The summed E-state index contributed by atoms with van der Waals surface area (Å²) < 4.78 is 26.6. The van der Waals surface area contributed by atoms with E-state index in [1.165, 1.54) is 4.46 Å². The van der Waals surface area contributed by atoms with E-state index in [1.54, 1.807) is 19.1 Å². The van der Waals surface area contributed by atoms with E-state index in [1.807, 2.05) is 37.3 Å². The van der Waals surface area contributed by atoms with E-state index in [4.69, 9.17) is 9.05 Å². The Morgan fingerprint density at radius 2 is 1.85 bits per heavy atom. The summed E-state index contributed by atoms with van der Waals surface area (Å²) in [6, 6.07) is 17.5. The van der Waals surface area contributed by atoms with Gasteiger partial charge >= 0.3 is 160 Å². The molecule has 0 bridgehead atoms. The fraction of sp³-hybridized carbons (Fsp3) is 0.250. The number of hydrogen-bond acceptors (Lipinski definition) is 4. The van der Waals surface area contributed by atoms with Crippen LogP contribution in [0.15, 0.2) is 59.1 Å². The minimum atomic E-state index is -3.12. The molecule has 1 atom stereocenters. The Balaban J connectivity index is 1.98. The van der Waals surface area contributed by atoms with Gasteiger partial charge in [-0.05, 0) is 0 Å². The van der Waals surface area contributed by atoms with Gasteiger partial charge in [0.05, 0.1) is 0 Å². The molecule has 2 aromatic rings. The van der Waals surface area contributed by atoms with Crippen molar-refractivity contribution in [2.24, 2.45) is 0 Å². The zero-order chi connectivity index (χ0) is 18.6. The quantitative estimate of drug-likeness (QED) is 0.387. The van der Waals surface area contributed by atoms with Crippen LogP contribution in [0.1, 0.15) is 36.2 Å². The van der Waals surface area contributed by atoms with Crippen LogP contribution in [-0.4, -0.2) is 33.5 Å². The van der Waals surface area contributed by atoms with Crippen molar-refractivity contribution < 1.29 is 18.4 Å². The summed E-state index contributed by atoms with van der Waals surface area (Å²) in [6.45, 7) is 3.71. The Bertz CT molecular complexity index is 859. The summed E-state index contributed by atoms with van der Waals surface area (Å²) in [7, 11) is -3.12. The molecule has 0 saturated carbocycles. The molecule has 0 aromatic heterocycles. The normalized spacial score (nSPS) is 19.9. The van der Waals surface area contributed by atoms with Crippen LogP contribution < -0.4 is 4.46 Å². The van der Waals surface area contributed by atoms with Crippen LogP contribution in [0.25, 0.3) is 5.76 Å². The summed E-state index contributed by atoms with van der Waals surface area (Å²) in [5.41, 5.74) is 1.48. The number of carbonyl (C=O) groups excluding carboxylic acids is 1. The number of carbonyl (C=O) groups is 1. The molecule has 0 N–H and O–H groups in total. The molecule has 2 aromatic carbocycles. The molecular formula is C20H21O4PSe. The molecule has 1 unspecified atom stereocenters. The van der Waals surface area contributed by atoms with Gasteiger partial charge in [0.15, 0.2) is 0 Å². The van der Waals surface area contributed by atoms with E-state index in [0.717, 1.165) is 10.0 Å². The standard InChI is InChI=1S/C20H21O4PSe/c1-3-23-25(22)14-13-19(26-18-7-5-4-6-8-18)20(24-25)17-11-9-16(10-12-17)15(2)21/h4-12H,3,13-14H2,1-2H3. The number of ketones is 1. The second kappa shape index (κ2) is 8.37. The average molecular weight is 435 g/mol. The van der Waals surface area contributed by atoms with Crippen molar-refractivity contribution in [1.82, 2.24) is 0 Å². The van der Waals surface area contributed by atoms with Crippen LogP contribution in [0.2, 0.25) is 0 Å². The summed E-state index contributed by atoms with van der Waals surface area (Å²) in [5.74, 6) is 0.663. The van der Waals surface area contributed by atoms with Crippen molar-refractivity contribution in [3.63, 3.8) is 0 Å². The van der Waals surface area contributed by atoms with Gasteiger partial charge in [0.1, 0.15) is 0 Å². The van der Waals surface area contributed by atoms with Crippen LogP contribution in [-0.2, 0) is 13.6 Å². The topological polar surface area (TPSA) is 52.6 Å². The first-order valence-corrected chi connectivity index (χ1v) is 12.0. The van der Waals surface area contributed by atoms with E-state index in [9.17, 15) is 9.36 Å². The van der Waals surface area contributed by atoms with Gasteiger partial charge in [-0.1, -0.05) is 0 Å². The van der Waals surface area contributed by atoms with Crippen LogP contribution in [0.3, 0.4) is 0 Å². The molecule has 26 heavy (non-hydrogen) atoms. The molecule has 3 rings (SSSR count). The Morgan fingerprint density at radius 3 is 2.46 bits per heavy atom. The minimum absolute atomic E-state index is 0.0174. The summed E-state index contributed by atoms with van der Waals surface area (Å²) >= 11 is 0.0767. The van der Waals surface area contributed by atoms with Gasteiger partial charge in [0.25, 0.3) is 0 Å². The van der Waals surface area contributed by atoms with Gasteiger partial charge in [0.2, 0.25) is 0 Å². The van der Waals surface area contributed by atoms with Crippen molar-refractivity contribution in [2.75, 3.05) is 12.8 Å². The van der Waals surface area contributed by atoms with E-state index >= 15 is 0 Å². The van der Waals surface area contributed by atoms with Gasteiger partial charge in [-0.2, -0.15) is 0 Å². The third-order valence-corrected chi connectivity index (χ3v) is 8.24. The maximum atomic E-state index is 12.9. The average Bonchev–Trinajstić information content (AvgIpc) is 2.64. The van der Waals surface area contributed by atoms with Crippen molar-refractivity contribution in [3.05, 3.63) is 70.2 Å². The van der Waals surface area contributed by atoms with Gasteiger partial charge in [-0.3, -0.25) is 0 Å². The summed E-state index contributed by atoms with van der Waals surface area (Å²) in [4.78, 5) is 11.5.